The molecule has 2 rings (SSSR count). The molecule has 0 aliphatic carbocycles. The van der Waals surface area contributed by atoms with Crippen molar-refractivity contribution < 1.29 is 19.0 Å². The quantitative estimate of drug-likeness (QED) is 0.386. The number of allylic oxidation sites excluding steroid dienone is 1. The summed E-state index contributed by atoms with van der Waals surface area (Å²) in [5, 5.41) is 0. The van der Waals surface area contributed by atoms with E-state index in [2.05, 4.69) is 15.0 Å². The van der Waals surface area contributed by atoms with Gasteiger partial charge in [-0.2, -0.15) is 0 Å². The largest absolute Gasteiger partial charge is 0.486 e. The molecular weight excluding hydrogens is 348 g/mol. The van der Waals surface area contributed by atoms with Crippen LogP contribution in [-0.2, 0) is 11.3 Å². The molecule has 2 aromatic heterocycles. The number of carbonyl (C=O) groups is 1. The average molecular weight is 370 g/mol. The van der Waals surface area contributed by atoms with Crippen LogP contribution in [0.5, 0.6) is 11.6 Å². The first-order chi connectivity index (χ1) is 13.2. The van der Waals surface area contributed by atoms with E-state index < -0.39 is 0 Å². The molecule has 0 aliphatic rings. The molecule has 0 amide bonds. The molecule has 0 bridgehead atoms. The first-order valence-corrected chi connectivity index (χ1v) is 8.22. The van der Waals surface area contributed by atoms with Gasteiger partial charge in [0.15, 0.2) is 6.29 Å². The van der Waals surface area contributed by atoms with Crippen molar-refractivity contribution in [2.24, 2.45) is 10.7 Å². The van der Waals surface area contributed by atoms with Gasteiger partial charge in [0.2, 0.25) is 5.88 Å². The van der Waals surface area contributed by atoms with E-state index in [4.69, 9.17) is 19.9 Å². The van der Waals surface area contributed by atoms with E-state index in [0.29, 0.717) is 48.1 Å². The van der Waals surface area contributed by atoms with Crippen LogP contribution in [0.1, 0.15) is 21.6 Å². The van der Waals surface area contributed by atoms with Gasteiger partial charge in [0.05, 0.1) is 29.8 Å². The fourth-order valence-corrected chi connectivity index (χ4v) is 2.25. The summed E-state index contributed by atoms with van der Waals surface area (Å²) in [6.07, 6.45) is 6.88. The molecule has 2 aromatic rings. The number of nitrogens with two attached hydrogens (primary N) is 1. The van der Waals surface area contributed by atoms with Crippen LogP contribution in [0.15, 0.2) is 47.9 Å². The molecular formula is C19H22N4O4. The number of pyridine rings is 2. The van der Waals surface area contributed by atoms with Gasteiger partial charge in [-0.3, -0.25) is 14.8 Å². The number of methoxy groups -OCH3 is 1. The normalized spacial score (nSPS) is 11.6. The number of ether oxygens (including phenoxy) is 3. The minimum atomic E-state index is 0.188. The number of nitrogens with zero attached hydrogens (tertiary/aromatic N) is 3. The van der Waals surface area contributed by atoms with Gasteiger partial charge >= 0.3 is 0 Å². The van der Waals surface area contributed by atoms with Crippen LogP contribution in [0.3, 0.4) is 0 Å². The summed E-state index contributed by atoms with van der Waals surface area (Å²) in [5.41, 5.74) is 7.89. The maximum Gasteiger partial charge on any atom is 0.214 e. The second-order valence-electron chi connectivity index (χ2n) is 5.29. The first kappa shape index (κ1) is 20.1. The van der Waals surface area contributed by atoms with Gasteiger partial charge in [0.25, 0.3) is 0 Å². The highest BCUT2D eigenvalue weighted by Gasteiger charge is 2.11. The predicted molar refractivity (Wildman–Crippen MR) is 101 cm³/mol. The van der Waals surface area contributed by atoms with Crippen molar-refractivity contribution >= 4 is 12.0 Å². The Morgan fingerprint density at radius 3 is 2.85 bits per heavy atom. The summed E-state index contributed by atoms with van der Waals surface area (Å²) in [4.78, 5) is 24.1. The third-order valence-corrected chi connectivity index (χ3v) is 3.55. The molecule has 0 atom stereocenters. The summed E-state index contributed by atoms with van der Waals surface area (Å²) in [5.74, 6) is 0.681. The van der Waals surface area contributed by atoms with Crippen molar-refractivity contribution in [2.45, 2.75) is 6.61 Å². The van der Waals surface area contributed by atoms with Crippen molar-refractivity contribution in [3.63, 3.8) is 0 Å². The smallest absolute Gasteiger partial charge is 0.214 e. The highest BCUT2D eigenvalue weighted by atomic mass is 16.5. The number of rotatable bonds is 10. The number of carbonyl (C=O) groups excluding carboxylic acids is 1. The molecule has 2 heterocycles. The number of aldehydes is 1. The Hall–Kier alpha value is -3.26. The summed E-state index contributed by atoms with van der Waals surface area (Å²) in [7, 11) is 3.24. The van der Waals surface area contributed by atoms with E-state index in [0.717, 1.165) is 5.56 Å². The van der Waals surface area contributed by atoms with E-state index >= 15 is 0 Å². The minimum absolute atomic E-state index is 0.188. The maximum absolute atomic E-state index is 11.4. The van der Waals surface area contributed by atoms with Crippen LogP contribution in [0.25, 0.3) is 0 Å². The summed E-state index contributed by atoms with van der Waals surface area (Å²) in [6.45, 7) is 0.959. The lowest BCUT2D eigenvalue weighted by Gasteiger charge is -2.12. The van der Waals surface area contributed by atoms with E-state index in [1.165, 1.54) is 18.5 Å². The Morgan fingerprint density at radius 2 is 2.15 bits per heavy atom. The lowest BCUT2D eigenvalue weighted by atomic mass is 10.1. The Labute approximate surface area is 157 Å². The zero-order chi connectivity index (χ0) is 19.5. The lowest BCUT2D eigenvalue weighted by Crippen LogP contribution is -2.09. The number of aromatic nitrogens is 2. The fraction of sp³-hybridized carbons (Fsp3) is 0.263. The molecule has 0 fully saturated rings. The molecule has 0 radical (unpaired) electrons. The Balaban J connectivity index is 2.16. The van der Waals surface area contributed by atoms with Crippen LogP contribution in [0.2, 0.25) is 0 Å². The zero-order valence-corrected chi connectivity index (χ0v) is 15.3. The van der Waals surface area contributed by atoms with Crippen molar-refractivity contribution in [1.82, 2.24) is 9.97 Å². The number of hydrogen-bond acceptors (Lipinski definition) is 8. The molecule has 0 saturated heterocycles. The second kappa shape index (κ2) is 10.7. The van der Waals surface area contributed by atoms with Crippen LogP contribution >= 0.6 is 0 Å². The van der Waals surface area contributed by atoms with Crippen LogP contribution in [0.4, 0.5) is 0 Å². The zero-order valence-electron chi connectivity index (χ0n) is 15.3. The van der Waals surface area contributed by atoms with Gasteiger partial charge in [-0.15, -0.1) is 0 Å². The van der Waals surface area contributed by atoms with Crippen LogP contribution in [0, 0.1) is 0 Å². The first-order valence-electron chi connectivity index (χ1n) is 8.22. The Kier molecular flexibility index (Phi) is 7.92. The Bertz CT molecular complexity index is 821. The topological polar surface area (TPSA) is 109 Å². The molecule has 27 heavy (non-hydrogen) atoms. The summed E-state index contributed by atoms with van der Waals surface area (Å²) in [6, 6.07) is 5.19. The van der Waals surface area contributed by atoms with E-state index in [1.807, 2.05) is 6.07 Å². The Morgan fingerprint density at radius 1 is 1.30 bits per heavy atom. The third-order valence-electron chi connectivity index (χ3n) is 3.55. The maximum atomic E-state index is 11.4. The number of hydrogen-bond donors (Lipinski definition) is 1. The standard InChI is InChI=1S/C19H22N4O4/c1-21-16(5-6-20)19-14(4-3-7-22-19)13-27-17-11-23-18(10-15(17)12-24)26-9-8-25-2/h3-7,10-12H,8-9,13,20H2,1-2H3. The highest BCUT2D eigenvalue weighted by molar-refractivity contribution is 6.08. The SMILES string of the molecule is CN=C(C=CN)c1ncccc1COc1cnc(OCCOC)cc1C=O. The molecule has 0 aliphatic heterocycles. The minimum Gasteiger partial charge on any atom is -0.486 e. The van der Waals surface area contributed by atoms with E-state index in [-0.39, 0.29) is 6.61 Å². The van der Waals surface area contributed by atoms with Gasteiger partial charge in [-0.25, -0.2) is 4.98 Å². The van der Waals surface area contributed by atoms with Crippen molar-refractivity contribution in [2.75, 3.05) is 27.4 Å². The van der Waals surface area contributed by atoms with Gasteiger partial charge in [0.1, 0.15) is 19.0 Å². The molecule has 0 saturated carbocycles. The number of aliphatic imine (C=N–C) groups is 1. The van der Waals surface area contributed by atoms with Gasteiger partial charge in [0, 0.05) is 32.0 Å². The second-order valence-corrected chi connectivity index (χ2v) is 5.29. The van der Waals surface area contributed by atoms with Crippen molar-refractivity contribution in [1.29, 1.82) is 0 Å². The molecule has 8 heteroatoms. The van der Waals surface area contributed by atoms with Crippen LogP contribution in [-0.4, -0.2) is 49.3 Å². The summed E-state index contributed by atoms with van der Waals surface area (Å²) >= 11 is 0. The van der Waals surface area contributed by atoms with Crippen LogP contribution < -0.4 is 15.2 Å². The van der Waals surface area contributed by atoms with Gasteiger partial charge < -0.3 is 19.9 Å². The van der Waals surface area contributed by atoms with Gasteiger partial charge in [-0.05, 0) is 18.3 Å². The van der Waals surface area contributed by atoms with E-state index in [9.17, 15) is 4.79 Å². The lowest BCUT2D eigenvalue weighted by molar-refractivity contribution is 0.111. The van der Waals surface area contributed by atoms with Gasteiger partial charge in [-0.1, -0.05) is 6.07 Å². The molecule has 0 unspecified atom stereocenters. The molecule has 2 N–H and O–H groups in total. The van der Waals surface area contributed by atoms with Crippen molar-refractivity contribution in [3.8, 4) is 11.6 Å². The molecule has 8 nitrogen and oxygen atoms in total. The average Bonchev–Trinajstić information content (AvgIpc) is 2.71. The molecule has 0 aromatic carbocycles. The summed E-state index contributed by atoms with van der Waals surface area (Å²) < 4.78 is 16.1. The third kappa shape index (κ3) is 5.61. The monoisotopic (exact) mass is 370 g/mol. The predicted octanol–water partition coefficient (Wildman–Crippen LogP) is 1.78. The molecule has 0 spiro atoms. The highest BCUT2D eigenvalue weighted by Crippen LogP contribution is 2.22. The molecule has 142 valence electrons. The van der Waals surface area contributed by atoms with Crippen molar-refractivity contribution in [3.05, 3.63) is 59.7 Å². The van der Waals surface area contributed by atoms with E-state index in [1.54, 1.807) is 32.5 Å². The fourth-order valence-electron chi connectivity index (χ4n) is 2.25.